The molecule has 1 atom stereocenters. The molecule has 3 rings (SSSR count). The molecule has 156 valence electrons. The zero-order valence-electron chi connectivity index (χ0n) is 17.3. The summed E-state index contributed by atoms with van der Waals surface area (Å²) >= 11 is 6.25. The maximum absolute atomic E-state index is 13.7. The molecule has 1 heterocycles. The number of rotatable bonds is 5. The van der Waals surface area contributed by atoms with Gasteiger partial charge in [-0.1, -0.05) is 35.9 Å². The molecule has 0 bridgehead atoms. The summed E-state index contributed by atoms with van der Waals surface area (Å²) in [6.45, 7) is 6.20. The fourth-order valence-corrected chi connectivity index (χ4v) is 4.13. The molecule has 0 aliphatic carbocycles. The highest BCUT2D eigenvalue weighted by Crippen LogP contribution is 2.25. The zero-order valence-corrected chi connectivity index (χ0v) is 18.0. The molecule has 0 aromatic heterocycles. The summed E-state index contributed by atoms with van der Waals surface area (Å²) in [5.74, 6) is -0.283. The Morgan fingerprint density at radius 1 is 1.28 bits per heavy atom. The van der Waals surface area contributed by atoms with Gasteiger partial charge in [0.05, 0.1) is 6.04 Å². The number of likely N-dealkylation sites (tertiary alicyclic amines) is 1. The molecule has 2 aromatic rings. The molecule has 0 radical (unpaired) electrons. The van der Waals surface area contributed by atoms with Crippen molar-refractivity contribution in [3.8, 4) is 0 Å². The fraction of sp³-hybridized carbons (Fsp3) is 0.435. The number of hydrogen-bond donors (Lipinski definition) is 1. The summed E-state index contributed by atoms with van der Waals surface area (Å²) < 4.78 is 13.7. The average molecular weight is 418 g/mol. The Bertz CT molecular complexity index is 852. The predicted molar refractivity (Wildman–Crippen MR) is 116 cm³/mol. The van der Waals surface area contributed by atoms with Gasteiger partial charge in [0, 0.05) is 17.6 Å². The summed E-state index contributed by atoms with van der Waals surface area (Å²) in [5.41, 5.74) is 2.77. The van der Waals surface area contributed by atoms with Crippen LogP contribution in [0.15, 0.2) is 42.5 Å². The first-order chi connectivity index (χ1) is 13.8. The van der Waals surface area contributed by atoms with Gasteiger partial charge < -0.3 is 15.1 Å². The van der Waals surface area contributed by atoms with Crippen LogP contribution in [0.3, 0.4) is 0 Å². The standard InChI is InChI=1S/C23H29ClFN3O/c1-16-21(8-5-9-22(16)24)17(2)26-23(29)28(20-10-12-27(3)13-11-20)15-18-6-4-7-19(25)14-18/h4-9,14,17,20H,10-13,15H2,1-3H3,(H,26,29). The van der Waals surface area contributed by atoms with Crippen molar-refractivity contribution in [1.29, 1.82) is 0 Å². The predicted octanol–water partition coefficient (Wildman–Crippen LogP) is 5.15. The van der Waals surface area contributed by atoms with E-state index in [1.165, 1.54) is 12.1 Å². The summed E-state index contributed by atoms with van der Waals surface area (Å²) in [6.07, 6.45) is 1.81. The highest BCUT2D eigenvalue weighted by molar-refractivity contribution is 6.31. The number of nitrogens with one attached hydrogen (secondary N) is 1. The molecular weight excluding hydrogens is 389 g/mol. The van der Waals surface area contributed by atoms with E-state index in [2.05, 4.69) is 17.3 Å². The number of nitrogens with zero attached hydrogens (tertiary/aromatic N) is 2. The van der Waals surface area contributed by atoms with Gasteiger partial charge in [-0.3, -0.25) is 0 Å². The number of carbonyl (C=O) groups excluding carboxylic acids is 1. The van der Waals surface area contributed by atoms with Crippen molar-refractivity contribution in [1.82, 2.24) is 15.1 Å². The van der Waals surface area contributed by atoms with Crippen LogP contribution < -0.4 is 5.32 Å². The first kappa shape index (κ1) is 21.6. The van der Waals surface area contributed by atoms with Crippen molar-refractivity contribution in [3.63, 3.8) is 0 Å². The Kier molecular flexibility index (Phi) is 7.14. The molecule has 0 spiro atoms. The van der Waals surface area contributed by atoms with Gasteiger partial charge in [0.25, 0.3) is 0 Å². The molecule has 1 aliphatic heterocycles. The molecule has 29 heavy (non-hydrogen) atoms. The van der Waals surface area contributed by atoms with E-state index < -0.39 is 0 Å². The van der Waals surface area contributed by atoms with Gasteiger partial charge in [-0.05, 0) is 81.7 Å². The van der Waals surface area contributed by atoms with E-state index in [4.69, 9.17) is 11.6 Å². The van der Waals surface area contributed by atoms with Crippen LogP contribution in [0.25, 0.3) is 0 Å². The van der Waals surface area contributed by atoms with Crippen LogP contribution in [0.1, 0.15) is 42.5 Å². The Morgan fingerprint density at radius 2 is 1.97 bits per heavy atom. The molecule has 1 saturated heterocycles. The lowest BCUT2D eigenvalue weighted by Gasteiger charge is -2.38. The lowest BCUT2D eigenvalue weighted by molar-refractivity contribution is 0.125. The topological polar surface area (TPSA) is 35.6 Å². The number of carbonyl (C=O) groups is 1. The Balaban J connectivity index is 1.78. The van der Waals surface area contributed by atoms with E-state index in [1.807, 2.05) is 43.0 Å². The SMILES string of the molecule is Cc1c(Cl)cccc1C(C)NC(=O)N(Cc1cccc(F)c1)C1CCN(C)CC1. The third-order valence-corrected chi connectivity index (χ3v) is 6.16. The molecule has 6 heteroatoms. The molecule has 1 N–H and O–H groups in total. The van der Waals surface area contributed by atoms with Gasteiger partial charge in [-0.25, -0.2) is 9.18 Å². The second kappa shape index (κ2) is 9.59. The molecular formula is C23H29ClFN3O. The van der Waals surface area contributed by atoms with Crippen LogP contribution in [-0.2, 0) is 6.54 Å². The molecule has 1 aliphatic rings. The number of hydrogen-bond acceptors (Lipinski definition) is 2. The van der Waals surface area contributed by atoms with Gasteiger partial charge in [-0.2, -0.15) is 0 Å². The van der Waals surface area contributed by atoms with E-state index in [-0.39, 0.29) is 23.9 Å². The van der Waals surface area contributed by atoms with E-state index in [0.717, 1.165) is 42.6 Å². The Morgan fingerprint density at radius 3 is 2.66 bits per heavy atom. The minimum absolute atomic E-state index is 0.127. The fourth-order valence-electron chi connectivity index (χ4n) is 3.94. The van der Waals surface area contributed by atoms with Crippen molar-refractivity contribution >= 4 is 17.6 Å². The lowest BCUT2D eigenvalue weighted by Crippen LogP contribution is -2.50. The van der Waals surface area contributed by atoms with Crippen LogP contribution in [0.5, 0.6) is 0 Å². The number of benzene rings is 2. The summed E-state index contributed by atoms with van der Waals surface area (Å²) in [6, 6.07) is 12.0. The number of piperidine rings is 1. The molecule has 2 aromatic carbocycles. The lowest BCUT2D eigenvalue weighted by atomic mass is 10.0. The summed E-state index contributed by atoms with van der Waals surface area (Å²) in [7, 11) is 2.09. The minimum Gasteiger partial charge on any atom is -0.331 e. The second-order valence-electron chi connectivity index (χ2n) is 7.92. The monoisotopic (exact) mass is 417 g/mol. The molecule has 0 saturated carbocycles. The molecule has 2 amide bonds. The van der Waals surface area contributed by atoms with Gasteiger partial charge >= 0.3 is 6.03 Å². The van der Waals surface area contributed by atoms with Crippen LogP contribution in [0.4, 0.5) is 9.18 Å². The van der Waals surface area contributed by atoms with Gasteiger partial charge in [0.1, 0.15) is 5.82 Å². The van der Waals surface area contributed by atoms with E-state index in [1.54, 1.807) is 6.07 Å². The highest BCUT2D eigenvalue weighted by atomic mass is 35.5. The van der Waals surface area contributed by atoms with Crippen LogP contribution >= 0.6 is 11.6 Å². The zero-order chi connectivity index (χ0) is 21.0. The maximum atomic E-state index is 13.7. The van der Waals surface area contributed by atoms with Crippen molar-refractivity contribution in [2.45, 2.75) is 45.3 Å². The van der Waals surface area contributed by atoms with E-state index >= 15 is 0 Å². The first-order valence-electron chi connectivity index (χ1n) is 10.1. The van der Waals surface area contributed by atoms with Crippen LogP contribution in [0.2, 0.25) is 5.02 Å². The Labute approximate surface area is 177 Å². The average Bonchev–Trinajstić information content (AvgIpc) is 2.69. The van der Waals surface area contributed by atoms with Gasteiger partial charge in [0.15, 0.2) is 0 Å². The van der Waals surface area contributed by atoms with Crippen molar-refractivity contribution < 1.29 is 9.18 Å². The summed E-state index contributed by atoms with van der Waals surface area (Å²) in [5, 5.41) is 3.82. The summed E-state index contributed by atoms with van der Waals surface area (Å²) in [4.78, 5) is 17.4. The molecule has 1 unspecified atom stereocenters. The quantitative estimate of drug-likeness (QED) is 0.729. The Hall–Kier alpha value is -2.11. The van der Waals surface area contributed by atoms with Crippen molar-refractivity contribution in [2.75, 3.05) is 20.1 Å². The van der Waals surface area contributed by atoms with Crippen molar-refractivity contribution in [3.05, 3.63) is 70.0 Å². The third-order valence-electron chi connectivity index (χ3n) is 5.75. The van der Waals surface area contributed by atoms with Crippen LogP contribution in [-0.4, -0.2) is 42.0 Å². The van der Waals surface area contributed by atoms with E-state index in [0.29, 0.717) is 11.6 Å². The van der Waals surface area contributed by atoms with E-state index in [9.17, 15) is 9.18 Å². The normalized spacial score (nSPS) is 16.4. The number of amides is 2. The molecule has 1 fully saturated rings. The van der Waals surface area contributed by atoms with Crippen LogP contribution in [0, 0.1) is 12.7 Å². The smallest absolute Gasteiger partial charge is 0.318 e. The largest absolute Gasteiger partial charge is 0.331 e. The minimum atomic E-state index is -0.283. The number of urea groups is 1. The maximum Gasteiger partial charge on any atom is 0.318 e. The number of halogens is 2. The first-order valence-corrected chi connectivity index (χ1v) is 10.5. The molecule has 4 nitrogen and oxygen atoms in total. The second-order valence-corrected chi connectivity index (χ2v) is 8.32. The van der Waals surface area contributed by atoms with Gasteiger partial charge in [0.2, 0.25) is 0 Å². The van der Waals surface area contributed by atoms with Crippen molar-refractivity contribution in [2.24, 2.45) is 0 Å². The van der Waals surface area contributed by atoms with Gasteiger partial charge in [-0.15, -0.1) is 0 Å². The third kappa shape index (κ3) is 5.49. The highest BCUT2D eigenvalue weighted by Gasteiger charge is 2.28.